The highest BCUT2D eigenvalue weighted by Gasteiger charge is 2.14. The summed E-state index contributed by atoms with van der Waals surface area (Å²) in [7, 11) is 1.73. The van der Waals surface area contributed by atoms with Gasteiger partial charge < -0.3 is 15.0 Å². The third-order valence-electron chi connectivity index (χ3n) is 5.16. The van der Waals surface area contributed by atoms with Gasteiger partial charge in [0.1, 0.15) is 5.75 Å². The monoisotopic (exact) mass is 370 g/mol. The first-order chi connectivity index (χ1) is 13.8. The van der Waals surface area contributed by atoms with E-state index in [4.69, 9.17) is 4.74 Å². The first-order valence-corrected chi connectivity index (χ1v) is 9.80. The van der Waals surface area contributed by atoms with Gasteiger partial charge in [0.05, 0.1) is 12.6 Å². The Balaban J connectivity index is 1.56. The third-order valence-corrected chi connectivity index (χ3v) is 5.16. The lowest BCUT2D eigenvalue weighted by Gasteiger charge is -2.08. The predicted molar refractivity (Wildman–Crippen MR) is 116 cm³/mol. The Morgan fingerprint density at radius 2 is 1.54 bits per heavy atom. The van der Waals surface area contributed by atoms with Gasteiger partial charge >= 0.3 is 0 Å². The first-order valence-electron chi connectivity index (χ1n) is 9.80. The largest absolute Gasteiger partial charge is 0.495 e. The Hall–Kier alpha value is -3.04. The van der Waals surface area contributed by atoms with Gasteiger partial charge in [-0.1, -0.05) is 72.8 Å². The molecule has 0 bridgehead atoms. The minimum absolute atomic E-state index is 0.889. The van der Waals surface area contributed by atoms with E-state index >= 15 is 0 Å². The smallest absolute Gasteiger partial charge is 0.142 e. The molecule has 0 spiro atoms. The van der Waals surface area contributed by atoms with Crippen LogP contribution in [0.25, 0.3) is 10.9 Å². The summed E-state index contributed by atoms with van der Waals surface area (Å²) in [6, 6.07) is 27.4. The Kier molecular flexibility index (Phi) is 5.74. The molecule has 0 fully saturated rings. The fourth-order valence-electron chi connectivity index (χ4n) is 3.75. The second-order valence-corrected chi connectivity index (χ2v) is 7.04. The molecule has 0 aliphatic carbocycles. The molecular formula is C25H26N2O. The van der Waals surface area contributed by atoms with Gasteiger partial charge in [-0.05, 0) is 35.7 Å². The van der Waals surface area contributed by atoms with Gasteiger partial charge in [-0.15, -0.1) is 0 Å². The van der Waals surface area contributed by atoms with Crippen molar-refractivity contribution in [3.8, 4) is 5.75 Å². The lowest BCUT2D eigenvalue weighted by molar-refractivity contribution is 0.419. The molecule has 1 aromatic heterocycles. The van der Waals surface area contributed by atoms with Crippen LogP contribution in [0.4, 0.5) is 0 Å². The van der Waals surface area contributed by atoms with Crippen molar-refractivity contribution in [2.45, 2.75) is 19.4 Å². The molecule has 0 atom stereocenters. The van der Waals surface area contributed by atoms with Crippen LogP contribution < -0.4 is 10.1 Å². The van der Waals surface area contributed by atoms with Crippen molar-refractivity contribution in [1.82, 2.24) is 10.3 Å². The number of nitrogens with one attached hydrogen (secondary N) is 2. The van der Waals surface area contributed by atoms with Crippen molar-refractivity contribution in [1.29, 1.82) is 0 Å². The minimum atomic E-state index is 0.889. The van der Waals surface area contributed by atoms with Crippen LogP contribution in [-0.2, 0) is 19.4 Å². The summed E-state index contributed by atoms with van der Waals surface area (Å²) in [4.78, 5) is 3.64. The van der Waals surface area contributed by atoms with E-state index in [1.54, 1.807) is 7.11 Å². The molecule has 1 heterocycles. The number of hydrogen-bond acceptors (Lipinski definition) is 2. The molecule has 0 amide bonds. The van der Waals surface area contributed by atoms with Gasteiger partial charge in [-0.3, -0.25) is 0 Å². The number of hydrogen-bond donors (Lipinski definition) is 2. The van der Waals surface area contributed by atoms with Crippen LogP contribution in [0, 0.1) is 0 Å². The number of aromatic amines is 1. The van der Waals surface area contributed by atoms with Crippen molar-refractivity contribution in [2.75, 3.05) is 13.7 Å². The molecule has 0 aliphatic rings. The van der Waals surface area contributed by atoms with Crippen LogP contribution in [0.1, 0.15) is 22.4 Å². The molecule has 0 radical (unpaired) electrons. The SMILES string of the molecule is COc1cccc2c(CCNCc3ccccc3)c(Cc3ccccc3)[nH]c12. The molecule has 4 rings (SSSR count). The zero-order valence-corrected chi connectivity index (χ0v) is 16.2. The molecule has 3 nitrogen and oxygen atoms in total. The first kappa shape index (κ1) is 18.3. The number of benzene rings is 3. The summed E-state index contributed by atoms with van der Waals surface area (Å²) in [6.45, 7) is 1.82. The molecular weight excluding hydrogens is 344 g/mol. The van der Waals surface area contributed by atoms with E-state index in [1.165, 1.54) is 27.8 Å². The van der Waals surface area contributed by atoms with Crippen molar-refractivity contribution in [3.05, 3.63) is 101 Å². The molecule has 2 N–H and O–H groups in total. The van der Waals surface area contributed by atoms with Crippen LogP contribution in [0.5, 0.6) is 5.75 Å². The Morgan fingerprint density at radius 3 is 2.25 bits per heavy atom. The average Bonchev–Trinajstić information content (AvgIpc) is 3.10. The second-order valence-electron chi connectivity index (χ2n) is 7.04. The summed E-state index contributed by atoms with van der Waals surface area (Å²) in [5.74, 6) is 0.898. The maximum atomic E-state index is 5.58. The highest BCUT2D eigenvalue weighted by atomic mass is 16.5. The summed E-state index contributed by atoms with van der Waals surface area (Å²) in [5.41, 5.74) is 6.36. The van der Waals surface area contributed by atoms with Crippen molar-refractivity contribution >= 4 is 10.9 Å². The van der Waals surface area contributed by atoms with Crippen LogP contribution >= 0.6 is 0 Å². The number of rotatable bonds is 8. The summed E-state index contributed by atoms with van der Waals surface area (Å²) < 4.78 is 5.58. The van der Waals surface area contributed by atoms with E-state index in [2.05, 4.69) is 83.1 Å². The number of aromatic nitrogens is 1. The molecule has 3 heteroatoms. The molecule has 0 saturated carbocycles. The van der Waals surface area contributed by atoms with Gasteiger partial charge in [0, 0.05) is 24.0 Å². The summed E-state index contributed by atoms with van der Waals surface area (Å²) in [5, 5.41) is 4.84. The van der Waals surface area contributed by atoms with Crippen molar-refractivity contribution < 1.29 is 4.74 Å². The number of fused-ring (bicyclic) bond motifs is 1. The minimum Gasteiger partial charge on any atom is -0.495 e. The molecule has 0 aliphatic heterocycles. The van der Waals surface area contributed by atoms with Crippen molar-refractivity contribution in [2.24, 2.45) is 0 Å². The van der Waals surface area contributed by atoms with E-state index in [-0.39, 0.29) is 0 Å². The van der Waals surface area contributed by atoms with E-state index in [0.717, 1.165) is 37.2 Å². The topological polar surface area (TPSA) is 37.0 Å². The molecule has 142 valence electrons. The number of para-hydroxylation sites is 1. The van der Waals surface area contributed by atoms with Gasteiger partial charge in [-0.2, -0.15) is 0 Å². The fourth-order valence-corrected chi connectivity index (χ4v) is 3.75. The van der Waals surface area contributed by atoms with Crippen LogP contribution in [-0.4, -0.2) is 18.6 Å². The second kappa shape index (κ2) is 8.77. The summed E-state index contributed by atoms with van der Waals surface area (Å²) >= 11 is 0. The van der Waals surface area contributed by atoms with Crippen molar-refractivity contribution in [3.63, 3.8) is 0 Å². The lowest BCUT2D eigenvalue weighted by atomic mass is 10.0. The van der Waals surface area contributed by atoms with E-state index in [9.17, 15) is 0 Å². The van der Waals surface area contributed by atoms with Crippen LogP contribution in [0.3, 0.4) is 0 Å². The third kappa shape index (κ3) is 4.10. The summed E-state index contributed by atoms with van der Waals surface area (Å²) in [6.07, 6.45) is 1.87. The number of methoxy groups -OCH3 is 1. The molecule has 0 saturated heterocycles. The fraction of sp³-hybridized carbons (Fsp3) is 0.200. The van der Waals surface area contributed by atoms with Crippen LogP contribution in [0.15, 0.2) is 78.9 Å². The quantitative estimate of drug-likeness (QED) is 0.423. The molecule has 28 heavy (non-hydrogen) atoms. The Labute approximate surface area is 166 Å². The maximum absolute atomic E-state index is 5.58. The van der Waals surface area contributed by atoms with Crippen LogP contribution in [0.2, 0.25) is 0 Å². The molecule has 3 aromatic carbocycles. The average molecular weight is 370 g/mol. The molecule has 0 unspecified atom stereocenters. The standard InChI is InChI=1S/C25H26N2O/c1-28-24-14-8-13-22-21(15-16-26-18-20-11-6-3-7-12-20)23(27-25(22)24)17-19-9-4-2-5-10-19/h2-14,26-27H,15-18H2,1H3. The highest BCUT2D eigenvalue weighted by Crippen LogP contribution is 2.31. The van der Waals surface area contributed by atoms with E-state index < -0.39 is 0 Å². The zero-order valence-electron chi connectivity index (χ0n) is 16.2. The van der Waals surface area contributed by atoms with Gasteiger partial charge in [0.25, 0.3) is 0 Å². The Bertz CT molecular complexity index is 1020. The van der Waals surface area contributed by atoms with Gasteiger partial charge in [0.2, 0.25) is 0 Å². The zero-order chi connectivity index (χ0) is 19.2. The number of ether oxygens (including phenoxy) is 1. The van der Waals surface area contributed by atoms with Gasteiger partial charge in [0.15, 0.2) is 0 Å². The van der Waals surface area contributed by atoms with E-state index in [0.29, 0.717) is 0 Å². The predicted octanol–water partition coefficient (Wildman–Crippen LogP) is 5.10. The van der Waals surface area contributed by atoms with Gasteiger partial charge in [-0.25, -0.2) is 0 Å². The maximum Gasteiger partial charge on any atom is 0.142 e. The van der Waals surface area contributed by atoms with E-state index in [1.807, 2.05) is 6.07 Å². The Morgan fingerprint density at radius 1 is 0.821 bits per heavy atom. The highest BCUT2D eigenvalue weighted by molar-refractivity contribution is 5.89. The normalized spacial score (nSPS) is 11.0. The molecule has 4 aromatic rings. The number of H-pyrrole nitrogens is 1. The lowest BCUT2D eigenvalue weighted by Crippen LogP contribution is -2.17.